The lowest BCUT2D eigenvalue weighted by Crippen LogP contribution is -2.45. The molecule has 2 fully saturated rings. The lowest BCUT2D eigenvalue weighted by Gasteiger charge is -2.36. The summed E-state index contributed by atoms with van der Waals surface area (Å²) in [5.41, 5.74) is 2.09. The summed E-state index contributed by atoms with van der Waals surface area (Å²) in [7, 11) is 0. The number of likely N-dealkylation sites (tertiary alicyclic amines) is 1. The zero-order chi connectivity index (χ0) is 21.6. The van der Waals surface area contributed by atoms with E-state index in [1.165, 1.54) is 16.7 Å². The smallest absolute Gasteiger partial charge is 0.266 e. The molecular formula is C24H23N3O2S2. The van der Waals surface area contributed by atoms with Crippen molar-refractivity contribution in [2.24, 2.45) is 0 Å². The van der Waals surface area contributed by atoms with E-state index in [0.29, 0.717) is 15.8 Å². The minimum atomic E-state index is -0.212. The van der Waals surface area contributed by atoms with Crippen molar-refractivity contribution in [2.75, 3.05) is 13.1 Å². The average molecular weight is 450 g/mol. The van der Waals surface area contributed by atoms with Crippen LogP contribution in [0.25, 0.3) is 6.08 Å². The number of carbonyl (C=O) groups is 2. The zero-order valence-corrected chi connectivity index (χ0v) is 18.6. The molecule has 0 bridgehead atoms. The number of piperidine rings is 1. The highest BCUT2D eigenvalue weighted by Crippen LogP contribution is 2.33. The van der Waals surface area contributed by atoms with Gasteiger partial charge in [0.25, 0.3) is 5.91 Å². The van der Waals surface area contributed by atoms with Gasteiger partial charge in [0.15, 0.2) is 0 Å². The highest BCUT2D eigenvalue weighted by molar-refractivity contribution is 8.26. The second kappa shape index (κ2) is 10.0. The molecule has 1 atom stereocenters. The van der Waals surface area contributed by atoms with Crippen molar-refractivity contribution in [1.82, 2.24) is 14.8 Å². The lowest BCUT2D eigenvalue weighted by atomic mass is 9.96. The molecule has 0 N–H and O–H groups in total. The molecule has 2 amide bonds. The standard InChI is InChI=1S/C24H23N3O2S2/c28-22(26-15-5-4-12-20(26)19-11-7-14-25-16-19)17-27-23(29)21(31-24(27)30)13-6-10-18-8-2-1-3-9-18/h1-3,6-11,13-14,16,20H,4-5,12,15,17H2/b10-6+,21-13-/t20-/m0/s1. The summed E-state index contributed by atoms with van der Waals surface area (Å²) in [6.07, 6.45) is 12.0. The molecular weight excluding hydrogens is 426 g/mol. The number of hydrogen-bond donors (Lipinski definition) is 0. The van der Waals surface area contributed by atoms with E-state index in [-0.39, 0.29) is 24.4 Å². The monoisotopic (exact) mass is 449 g/mol. The SMILES string of the molecule is O=C1/C(=C/C=C/c2ccccc2)SC(=S)N1CC(=O)N1CCCC[C@H]1c1cccnc1. The number of hydrogen-bond acceptors (Lipinski definition) is 5. The van der Waals surface area contributed by atoms with Crippen molar-refractivity contribution in [3.63, 3.8) is 0 Å². The Kier molecular flexibility index (Phi) is 6.94. The van der Waals surface area contributed by atoms with Crippen molar-refractivity contribution < 1.29 is 9.59 Å². The minimum absolute atomic E-state index is 0.00213. The predicted octanol–water partition coefficient (Wildman–Crippen LogP) is 4.59. The van der Waals surface area contributed by atoms with E-state index in [1.807, 2.05) is 65.7 Å². The van der Waals surface area contributed by atoms with Gasteiger partial charge in [-0.05, 0) is 42.5 Å². The predicted molar refractivity (Wildman–Crippen MR) is 128 cm³/mol. The van der Waals surface area contributed by atoms with Crippen LogP contribution in [0.4, 0.5) is 0 Å². The van der Waals surface area contributed by atoms with Gasteiger partial charge in [-0.15, -0.1) is 0 Å². The minimum Gasteiger partial charge on any atom is -0.334 e. The Morgan fingerprint density at radius 2 is 2.03 bits per heavy atom. The lowest BCUT2D eigenvalue weighted by molar-refractivity contribution is -0.138. The van der Waals surface area contributed by atoms with Crippen LogP contribution < -0.4 is 0 Å². The summed E-state index contributed by atoms with van der Waals surface area (Å²) < 4.78 is 0.424. The maximum absolute atomic E-state index is 13.1. The fraction of sp³-hybridized carbons (Fsp3) is 0.250. The molecule has 5 nitrogen and oxygen atoms in total. The topological polar surface area (TPSA) is 53.5 Å². The first kappa shape index (κ1) is 21.5. The Labute approximate surface area is 191 Å². The molecule has 0 spiro atoms. The first-order valence-corrected chi connectivity index (χ1v) is 11.5. The molecule has 2 aromatic rings. The fourth-order valence-electron chi connectivity index (χ4n) is 3.84. The number of aromatic nitrogens is 1. The van der Waals surface area contributed by atoms with E-state index in [0.717, 1.165) is 30.4 Å². The third-order valence-electron chi connectivity index (χ3n) is 5.40. The molecule has 3 heterocycles. The van der Waals surface area contributed by atoms with Crippen molar-refractivity contribution in [1.29, 1.82) is 0 Å². The molecule has 0 unspecified atom stereocenters. The number of nitrogens with zero attached hydrogens (tertiary/aromatic N) is 3. The largest absolute Gasteiger partial charge is 0.334 e. The van der Waals surface area contributed by atoms with Crippen molar-refractivity contribution in [3.05, 3.63) is 83.0 Å². The van der Waals surface area contributed by atoms with Crippen LogP contribution in [0.5, 0.6) is 0 Å². The maximum Gasteiger partial charge on any atom is 0.266 e. The number of thioether (sulfide) groups is 1. The summed E-state index contributed by atoms with van der Waals surface area (Å²) >= 11 is 6.64. The van der Waals surface area contributed by atoms with Gasteiger partial charge in [0.2, 0.25) is 5.91 Å². The van der Waals surface area contributed by atoms with Crippen LogP contribution in [-0.4, -0.2) is 44.0 Å². The Morgan fingerprint density at radius 3 is 2.81 bits per heavy atom. The van der Waals surface area contributed by atoms with Crippen molar-refractivity contribution in [3.8, 4) is 0 Å². The Bertz CT molecular complexity index is 1020. The van der Waals surface area contributed by atoms with E-state index in [9.17, 15) is 9.59 Å². The number of allylic oxidation sites excluding steroid dienone is 2. The van der Waals surface area contributed by atoms with E-state index in [4.69, 9.17) is 12.2 Å². The van der Waals surface area contributed by atoms with Gasteiger partial charge in [0.05, 0.1) is 10.9 Å². The van der Waals surface area contributed by atoms with Crippen LogP contribution in [0.2, 0.25) is 0 Å². The molecule has 2 aliphatic rings. The molecule has 4 rings (SSSR count). The molecule has 1 aromatic carbocycles. The molecule has 1 aromatic heterocycles. The number of benzene rings is 1. The quantitative estimate of drug-likeness (QED) is 0.494. The highest BCUT2D eigenvalue weighted by atomic mass is 32.2. The van der Waals surface area contributed by atoms with Gasteiger partial charge in [-0.1, -0.05) is 72.5 Å². The van der Waals surface area contributed by atoms with Crippen LogP contribution in [0, 0.1) is 0 Å². The number of carbonyl (C=O) groups excluding carboxylic acids is 2. The molecule has 7 heteroatoms. The van der Waals surface area contributed by atoms with E-state index >= 15 is 0 Å². The van der Waals surface area contributed by atoms with Gasteiger partial charge < -0.3 is 4.90 Å². The van der Waals surface area contributed by atoms with Crippen LogP contribution in [0.3, 0.4) is 0 Å². The number of thiocarbonyl (C=S) groups is 1. The summed E-state index contributed by atoms with van der Waals surface area (Å²) in [6.45, 7) is 0.657. The van der Waals surface area contributed by atoms with E-state index < -0.39 is 0 Å². The Balaban J connectivity index is 1.44. The molecule has 0 aliphatic carbocycles. The van der Waals surface area contributed by atoms with Crippen molar-refractivity contribution >= 4 is 46.2 Å². The first-order valence-electron chi connectivity index (χ1n) is 10.3. The number of amides is 2. The Morgan fingerprint density at radius 1 is 1.19 bits per heavy atom. The fourth-order valence-corrected chi connectivity index (χ4v) is 5.04. The van der Waals surface area contributed by atoms with Crippen molar-refractivity contribution in [2.45, 2.75) is 25.3 Å². The third kappa shape index (κ3) is 5.11. The molecule has 0 saturated carbocycles. The second-order valence-electron chi connectivity index (χ2n) is 7.45. The van der Waals surface area contributed by atoms with Gasteiger partial charge in [-0.3, -0.25) is 19.5 Å². The van der Waals surface area contributed by atoms with Crippen LogP contribution in [-0.2, 0) is 9.59 Å². The van der Waals surface area contributed by atoms with Gasteiger partial charge in [0, 0.05) is 18.9 Å². The average Bonchev–Trinajstić information content (AvgIpc) is 3.08. The molecule has 158 valence electrons. The first-order chi connectivity index (χ1) is 15.1. The van der Waals surface area contributed by atoms with Gasteiger partial charge in [0.1, 0.15) is 10.9 Å². The normalized spacial score (nSPS) is 20.8. The van der Waals surface area contributed by atoms with Crippen LogP contribution in [0.15, 0.2) is 71.9 Å². The summed E-state index contributed by atoms with van der Waals surface area (Å²) in [5, 5.41) is 0. The van der Waals surface area contributed by atoms with E-state index in [1.54, 1.807) is 12.3 Å². The molecule has 31 heavy (non-hydrogen) atoms. The molecule has 2 saturated heterocycles. The Hall–Kier alpha value is -2.77. The van der Waals surface area contributed by atoms with Crippen LogP contribution in [0.1, 0.15) is 36.4 Å². The maximum atomic E-state index is 13.1. The number of rotatable bonds is 5. The molecule has 2 aliphatic heterocycles. The van der Waals surface area contributed by atoms with Gasteiger partial charge >= 0.3 is 0 Å². The second-order valence-corrected chi connectivity index (χ2v) is 9.12. The summed E-state index contributed by atoms with van der Waals surface area (Å²) in [4.78, 5) is 34.0. The third-order valence-corrected chi connectivity index (χ3v) is 6.79. The van der Waals surface area contributed by atoms with E-state index in [2.05, 4.69) is 4.98 Å². The molecule has 0 radical (unpaired) electrons. The number of pyridine rings is 1. The van der Waals surface area contributed by atoms with Gasteiger partial charge in [-0.2, -0.15) is 0 Å². The zero-order valence-electron chi connectivity index (χ0n) is 17.0. The van der Waals surface area contributed by atoms with Crippen LogP contribution >= 0.6 is 24.0 Å². The highest BCUT2D eigenvalue weighted by Gasteiger charge is 2.36. The summed E-state index contributed by atoms with van der Waals surface area (Å²) in [6, 6.07) is 13.8. The van der Waals surface area contributed by atoms with Gasteiger partial charge in [-0.25, -0.2) is 0 Å². The summed E-state index contributed by atoms with van der Waals surface area (Å²) in [5.74, 6) is -0.290.